The van der Waals surface area contributed by atoms with Crippen LogP contribution in [0.4, 0.5) is 5.82 Å². The van der Waals surface area contributed by atoms with Crippen molar-refractivity contribution in [3.8, 4) is 12.3 Å². The maximum atomic E-state index is 5.43. The second kappa shape index (κ2) is 6.42. The molecule has 18 heavy (non-hydrogen) atoms. The summed E-state index contributed by atoms with van der Waals surface area (Å²) in [4.78, 5) is 6.72. The summed E-state index contributed by atoms with van der Waals surface area (Å²) in [6.45, 7) is 5.65. The summed E-state index contributed by atoms with van der Waals surface area (Å²) in [6.07, 6.45) is 10.0. The van der Waals surface area contributed by atoms with Crippen LogP contribution in [0.5, 0.6) is 0 Å². The van der Waals surface area contributed by atoms with Gasteiger partial charge in [0.15, 0.2) is 0 Å². The second-order valence-corrected chi connectivity index (χ2v) is 4.83. The van der Waals surface area contributed by atoms with Gasteiger partial charge in [0.2, 0.25) is 0 Å². The van der Waals surface area contributed by atoms with Crippen LogP contribution in [0.3, 0.4) is 0 Å². The molecule has 1 saturated carbocycles. The Bertz CT molecular complexity index is 401. The first-order chi connectivity index (χ1) is 8.83. The average Bonchev–Trinajstić information content (AvgIpc) is 3.20. The lowest BCUT2D eigenvalue weighted by molar-refractivity contribution is 0.721. The van der Waals surface area contributed by atoms with E-state index in [2.05, 4.69) is 40.2 Å². The Balaban J connectivity index is 1.98. The van der Waals surface area contributed by atoms with Crippen LogP contribution in [-0.2, 0) is 6.54 Å². The Hall–Kier alpha value is -1.53. The highest BCUT2D eigenvalue weighted by Gasteiger charge is 2.24. The van der Waals surface area contributed by atoms with E-state index in [1.807, 2.05) is 6.20 Å². The number of pyridine rings is 1. The Morgan fingerprint density at radius 2 is 2.33 bits per heavy atom. The monoisotopic (exact) mass is 243 g/mol. The average molecular weight is 243 g/mol. The predicted molar refractivity (Wildman–Crippen MR) is 75.4 cm³/mol. The fraction of sp³-hybridized carbons (Fsp3) is 0.533. The normalized spacial score (nSPS) is 14.2. The maximum Gasteiger partial charge on any atom is 0.129 e. The third-order valence-corrected chi connectivity index (χ3v) is 3.17. The molecule has 1 aliphatic rings. The molecule has 0 spiro atoms. The topological polar surface area (TPSA) is 28.2 Å². The van der Waals surface area contributed by atoms with Crippen LogP contribution in [-0.4, -0.2) is 24.6 Å². The fourth-order valence-corrected chi connectivity index (χ4v) is 1.94. The molecule has 0 bridgehead atoms. The van der Waals surface area contributed by atoms with Crippen molar-refractivity contribution in [1.29, 1.82) is 0 Å². The maximum absolute atomic E-state index is 5.43. The van der Waals surface area contributed by atoms with Crippen LogP contribution in [0.1, 0.15) is 25.3 Å². The van der Waals surface area contributed by atoms with Gasteiger partial charge in [-0.15, -0.1) is 6.42 Å². The molecule has 96 valence electrons. The van der Waals surface area contributed by atoms with E-state index in [4.69, 9.17) is 6.42 Å². The minimum Gasteiger partial charge on any atom is -0.345 e. The number of nitrogens with one attached hydrogen (secondary N) is 1. The van der Waals surface area contributed by atoms with Crippen molar-refractivity contribution < 1.29 is 0 Å². The summed E-state index contributed by atoms with van der Waals surface area (Å²) in [5, 5.41) is 3.29. The van der Waals surface area contributed by atoms with Gasteiger partial charge in [-0.05, 0) is 36.9 Å². The molecule has 1 N–H and O–H groups in total. The predicted octanol–water partition coefficient (Wildman–Crippen LogP) is 2.04. The molecular weight excluding hydrogens is 222 g/mol. The zero-order valence-corrected chi connectivity index (χ0v) is 11.0. The van der Waals surface area contributed by atoms with Crippen LogP contribution >= 0.6 is 0 Å². The number of aromatic nitrogens is 1. The first-order valence-corrected chi connectivity index (χ1v) is 6.67. The Morgan fingerprint density at radius 1 is 1.50 bits per heavy atom. The van der Waals surface area contributed by atoms with Gasteiger partial charge in [-0.3, -0.25) is 0 Å². The fourth-order valence-electron chi connectivity index (χ4n) is 1.94. The van der Waals surface area contributed by atoms with Gasteiger partial charge in [0.1, 0.15) is 5.82 Å². The van der Waals surface area contributed by atoms with Gasteiger partial charge in [-0.25, -0.2) is 4.98 Å². The first-order valence-electron chi connectivity index (χ1n) is 6.67. The second-order valence-electron chi connectivity index (χ2n) is 4.83. The summed E-state index contributed by atoms with van der Waals surface area (Å²) in [6, 6.07) is 4.20. The van der Waals surface area contributed by atoms with Crippen LogP contribution in [0.2, 0.25) is 0 Å². The third-order valence-electron chi connectivity index (χ3n) is 3.17. The quantitative estimate of drug-likeness (QED) is 0.743. The molecule has 0 unspecified atom stereocenters. The number of hydrogen-bond donors (Lipinski definition) is 1. The van der Waals surface area contributed by atoms with Crippen molar-refractivity contribution in [3.63, 3.8) is 0 Å². The molecule has 0 aromatic carbocycles. The lowest BCUT2D eigenvalue weighted by atomic mass is 10.2. The van der Waals surface area contributed by atoms with Crippen molar-refractivity contribution in [2.45, 2.75) is 26.3 Å². The summed E-state index contributed by atoms with van der Waals surface area (Å²) in [7, 11) is 0. The molecular formula is C15H21N3. The molecule has 1 fully saturated rings. The molecule has 1 heterocycles. The molecule has 0 amide bonds. The lowest BCUT2D eigenvalue weighted by Gasteiger charge is -2.21. The summed E-state index contributed by atoms with van der Waals surface area (Å²) in [5.41, 5.74) is 1.22. The standard InChI is InChI=1S/C15H21N3/c1-3-9-18(12-13-5-6-13)15-8-7-14(11-17-15)10-16-4-2/h1,7-8,11,13,16H,4-6,9-10,12H2,2H3. The molecule has 0 radical (unpaired) electrons. The third kappa shape index (κ3) is 3.75. The molecule has 1 aromatic heterocycles. The van der Waals surface area contributed by atoms with Crippen molar-refractivity contribution in [2.24, 2.45) is 5.92 Å². The minimum atomic E-state index is 0.649. The van der Waals surface area contributed by atoms with Crippen molar-refractivity contribution >= 4 is 5.82 Å². The first kappa shape index (κ1) is 12.9. The van der Waals surface area contributed by atoms with E-state index in [0.717, 1.165) is 31.4 Å². The molecule has 0 saturated heterocycles. The van der Waals surface area contributed by atoms with E-state index < -0.39 is 0 Å². The minimum absolute atomic E-state index is 0.649. The molecule has 1 aromatic rings. The summed E-state index contributed by atoms with van der Waals surface area (Å²) in [5.74, 6) is 4.54. The van der Waals surface area contributed by atoms with Crippen molar-refractivity contribution in [2.75, 3.05) is 24.5 Å². The molecule has 0 atom stereocenters. The van der Waals surface area contributed by atoms with E-state index >= 15 is 0 Å². The zero-order chi connectivity index (χ0) is 12.8. The Morgan fingerprint density at radius 3 is 2.89 bits per heavy atom. The van der Waals surface area contributed by atoms with Gasteiger partial charge in [0.25, 0.3) is 0 Å². The van der Waals surface area contributed by atoms with Gasteiger partial charge in [0.05, 0.1) is 6.54 Å². The number of nitrogens with zero attached hydrogens (tertiary/aromatic N) is 2. The smallest absolute Gasteiger partial charge is 0.129 e. The number of hydrogen-bond acceptors (Lipinski definition) is 3. The summed E-state index contributed by atoms with van der Waals surface area (Å²) < 4.78 is 0. The largest absolute Gasteiger partial charge is 0.345 e. The Kier molecular flexibility index (Phi) is 4.60. The highest BCUT2D eigenvalue weighted by atomic mass is 15.2. The van der Waals surface area contributed by atoms with E-state index in [1.165, 1.54) is 18.4 Å². The molecule has 3 heteroatoms. The molecule has 0 aliphatic heterocycles. The van der Waals surface area contributed by atoms with Crippen LogP contribution in [0.15, 0.2) is 18.3 Å². The molecule has 1 aliphatic carbocycles. The van der Waals surface area contributed by atoms with Crippen LogP contribution < -0.4 is 10.2 Å². The van der Waals surface area contributed by atoms with Gasteiger partial charge < -0.3 is 10.2 Å². The number of anilines is 1. The Labute approximate surface area is 110 Å². The van der Waals surface area contributed by atoms with Crippen LogP contribution in [0, 0.1) is 18.3 Å². The number of rotatable bonds is 7. The van der Waals surface area contributed by atoms with E-state index in [0.29, 0.717) is 6.54 Å². The van der Waals surface area contributed by atoms with Crippen molar-refractivity contribution in [3.05, 3.63) is 23.9 Å². The molecule has 2 rings (SSSR count). The van der Waals surface area contributed by atoms with Crippen LogP contribution in [0.25, 0.3) is 0 Å². The highest BCUT2D eigenvalue weighted by molar-refractivity contribution is 5.41. The summed E-state index contributed by atoms with van der Waals surface area (Å²) >= 11 is 0. The lowest BCUT2D eigenvalue weighted by Crippen LogP contribution is -2.27. The zero-order valence-electron chi connectivity index (χ0n) is 11.0. The van der Waals surface area contributed by atoms with E-state index in [1.54, 1.807) is 0 Å². The van der Waals surface area contributed by atoms with Gasteiger partial charge in [-0.1, -0.05) is 18.9 Å². The SMILES string of the molecule is C#CCN(CC1CC1)c1ccc(CNCC)cn1. The van der Waals surface area contributed by atoms with E-state index in [-0.39, 0.29) is 0 Å². The van der Waals surface area contributed by atoms with Gasteiger partial charge in [0, 0.05) is 19.3 Å². The van der Waals surface area contributed by atoms with Crippen molar-refractivity contribution in [1.82, 2.24) is 10.3 Å². The van der Waals surface area contributed by atoms with E-state index in [9.17, 15) is 0 Å². The highest BCUT2D eigenvalue weighted by Crippen LogP contribution is 2.30. The van der Waals surface area contributed by atoms with Gasteiger partial charge in [-0.2, -0.15) is 0 Å². The number of terminal acetylenes is 1. The molecule has 3 nitrogen and oxygen atoms in total. The van der Waals surface area contributed by atoms with Gasteiger partial charge >= 0.3 is 0 Å².